The van der Waals surface area contributed by atoms with E-state index in [2.05, 4.69) is 15.1 Å². The van der Waals surface area contributed by atoms with Crippen molar-refractivity contribution in [3.63, 3.8) is 0 Å². The molecule has 17 heavy (non-hydrogen) atoms. The average molecular weight is 265 g/mol. The Morgan fingerprint density at radius 1 is 1.06 bits per heavy atom. The minimum Gasteiger partial charge on any atom is -0.220 e. The van der Waals surface area contributed by atoms with Crippen LogP contribution in [0.2, 0.25) is 10.0 Å². The first kappa shape index (κ1) is 10.5. The number of hydrogen-bond donors (Lipinski definition) is 0. The van der Waals surface area contributed by atoms with Crippen molar-refractivity contribution in [2.45, 2.75) is 0 Å². The van der Waals surface area contributed by atoms with Gasteiger partial charge in [-0.2, -0.15) is 14.6 Å². The number of halogens is 2. The molecule has 0 aliphatic heterocycles. The van der Waals surface area contributed by atoms with Gasteiger partial charge in [0.1, 0.15) is 6.33 Å². The lowest BCUT2D eigenvalue weighted by molar-refractivity contribution is 0.948. The summed E-state index contributed by atoms with van der Waals surface area (Å²) in [5.74, 6) is 0.536. The van der Waals surface area contributed by atoms with Crippen LogP contribution in [0, 0.1) is 0 Å². The molecule has 2 heterocycles. The van der Waals surface area contributed by atoms with Crippen LogP contribution in [0.3, 0.4) is 0 Å². The lowest BCUT2D eigenvalue weighted by atomic mass is 10.1. The molecule has 2 aromatic heterocycles. The minimum atomic E-state index is 0.536. The second kappa shape index (κ2) is 3.98. The maximum absolute atomic E-state index is 6.17. The monoisotopic (exact) mass is 264 g/mol. The molecule has 6 heteroatoms. The van der Waals surface area contributed by atoms with Crippen LogP contribution in [0.15, 0.2) is 36.8 Å². The summed E-state index contributed by atoms with van der Waals surface area (Å²) < 4.78 is 1.63. The molecule has 0 saturated heterocycles. The molecule has 3 aromatic rings. The summed E-state index contributed by atoms with van der Waals surface area (Å²) in [6.45, 7) is 0. The van der Waals surface area contributed by atoms with Crippen molar-refractivity contribution in [1.82, 2.24) is 19.6 Å². The van der Waals surface area contributed by atoms with Gasteiger partial charge >= 0.3 is 0 Å². The maximum Gasteiger partial charge on any atom is 0.252 e. The predicted octanol–water partition coefficient (Wildman–Crippen LogP) is 3.10. The van der Waals surface area contributed by atoms with Crippen LogP contribution in [0.5, 0.6) is 0 Å². The molecule has 0 unspecified atom stereocenters. The van der Waals surface area contributed by atoms with Crippen LogP contribution < -0.4 is 0 Å². The highest BCUT2D eigenvalue weighted by atomic mass is 35.5. The van der Waals surface area contributed by atoms with E-state index in [9.17, 15) is 0 Å². The maximum atomic E-state index is 6.17. The van der Waals surface area contributed by atoms with E-state index in [0.717, 1.165) is 11.3 Å². The number of aromatic nitrogens is 4. The predicted molar refractivity (Wildman–Crippen MR) is 66.2 cm³/mol. The van der Waals surface area contributed by atoms with Gasteiger partial charge in [0, 0.05) is 16.8 Å². The fraction of sp³-hybridized carbons (Fsp3) is 0. The lowest BCUT2D eigenvalue weighted by Gasteiger charge is -2.06. The molecule has 0 amide bonds. The summed E-state index contributed by atoms with van der Waals surface area (Å²) >= 11 is 12.0. The zero-order valence-corrected chi connectivity index (χ0v) is 10.0. The molecule has 1 aromatic carbocycles. The number of hydrogen-bond acceptors (Lipinski definition) is 3. The van der Waals surface area contributed by atoms with Gasteiger partial charge in [-0.3, -0.25) is 0 Å². The first-order valence-electron chi connectivity index (χ1n) is 4.86. The van der Waals surface area contributed by atoms with Gasteiger partial charge in [-0.1, -0.05) is 23.2 Å². The first-order chi connectivity index (χ1) is 8.25. The normalized spacial score (nSPS) is 10.9. The second-order valence-electron chi connectivity index (χ2n) is 3.43. The Bertz CT molecular complexity index is 693. The molecule has 0 atom stereocenters. The summed E-state index contributed by atoms with van der Waals surface area (Å²) in [5, 5.41) is 5.28. The van der Waals surface area contributed by atoms with E-state index in [4.69, 9.17) is 23.2 Å². The molecule has 0 fully saturated rings. The number of nitrogens with zero attached hydrogens (tertiary/aromatic N) is 4. The molecule has 4 nitrogen and oxygen atoms in total. The van der Waals surface area contributed by atoms with E-state index in [1.54, 1.807) is 22.8 Å². The highest BCUT2D eigenvalue weighted by Crippen LogP contribution is 2.29. The zero-order chi connectivity index (χ0) is 11.8. The zero-order valence-electron chi connectivity index (χ0n) is 8.51. The van der Waals surface area contributed by atoms with Crippen LogP contribution in [0.1, 0.15) is 0 Å². The Labute approximate surface area is 107 Å². The Hall–Kier alpha value is -1.65. The van der Waals surface area contributed by atoms with Crippen LogP contribution in [-0.2, 0) is 0 Å². The van der Waals surface area contributed by atoms with Crippen LogP contribution in [-0.4, -0.2) is 19.6 Å². The van der Waals surface area contributed by atoms with Crippen molar-refractivity contribution >= 4 is 29.0 Å². The van der Waals surface area contributed by atoms with E-state index in [1.807, 2.05) is 12.1 Å². The van der Waals surface area contributed by atoms with Crippen molar-refractivity contribution < 1.29 is 0 Å². The third-order valence-corrected chi connectivity index (χ3v) is 2.94. The second-order valence-corrected chi connectivity index (χ2v) is 4.27. The van der Waals surface area contributed by atoms with Gasteiger partial charge in [0.15, 0.2) is 0 Å². The lowest BCUT2D eigenvalue weighted by Crippen LogP contribution is -1.96. The fourth-order valence-electron chi connectivity index (χ4n) is 1.64. The Morgan fingerprint density at radius 2 is 1.94 bits per heavy atom. The van der Waals surface area contributed by atoms with Gasteiger partial charge in [-0.05, 0) is 24.3 Å². The average Bonchev–Trinajstić information content (AvgIpc) is 2.77. The van der Waals surface area contributed by atoms with Gasteiger partial charge in [0.25, 0.3) is 5.78 Å². The molecule has 0 aliphatic rings. The third kappa shape index (κ3) is 1.75. The molecule has 0 bridgehead atoms. The van der Waals surface area contributed by atoms with Crippen LogP contribution in [0.4, 0.5) is 0 Å². The van der Waals surface area contributed by atoms with Crippen LogP contribution in [0.25, 0.3) is 17.0 Å². The first-order valence-corrected chi connectivity index (χ1v) is 5.61. The van der Waals surface area contributed by atoms with E-state index in [0.29, 0.717) is 15.8 Å². The number of benzene rings is 1. The minimum absolute atomic E-state index is 0.536. The largest absolute Gasteiger partial charge is 0.252 e. The molecule has 84 valence electrons. The number of fused-ring (bicyclic) bond motifs is 1. The Balaban J connectivity index is 2.30. The highest BCUT2D eigenvalue weighted by Gasteiger charge is 2.09. The van der Waals surface area contributed by atoms with Gasteiger partial charge in [0.2, 0.25) is 0 Å². The van der Waals surface area contributed by atoms with Crippen molar-refractivity contribution in [1.29, 1.82) is 0 Å². The van der Waals surface area contributed by atoms with Gasteiger partial charge in [-0.15, -0.1) is 0 Å². The molecule has 0 N–H and O–H groups in total. The standard InChI is InChI=1S/C11H6Cl2N4/c12-7-1-2-8(9(13)5-7)10-3-4-14-11-15-6-16-17(10)11/h1-6H. The molecular weight excluding hydrogens is 259 g/mol. The SMILES string of the molecule is Clc1ccc(-c2ccnc3ncnn23)c(Cl)c1. The summed E-state index contributed by atoms with van der Waals surface area (Å²) in [5.41, 5.74) is 1.67. The smallest absolute Gasteiger partial charge is 0.220 e. The Morgan fingerprint density at radius 3 is 2.76 bits per heavy atom. The topological polar surface area (TPSA) is 43.1 Å². The summed E-state index contributed by atoms with van der Waals surface area (Å²) in [4.78, 5) is 8.12. The summed E-state index contributed by atoms with van der Waals surface area (Å²) in [7, 11) is 0. The van der Waals surface area contributed by atoms with Crippen molar-refractivity contribution in [2.24, 2.45) is 0 Å². The van der Waals surface area contributed by atoms with E-state index in [-0.39, 0.29) is 0 Å². The van der Waals surface area contributed by atoms with Gasteiger partial charge in [-0.25, -0.2) is 4.98 Å². The van der Waals surface area contributed by atoms with E-state index >= 15 is 0 Å². The van der Waals surface area contributed by atoms with Crippen molar-refractivity contribution in [3.05, 3.63) is 46.8 Å². The molecule has 0 radical (unpaired) electrons. The van der Waals surface area contributed by atoms with Crippen LogP contribution >= 0.6 is 23.2 Å². The molecule has 3 rings (SSSR count). The fourth-order valence-corrected chi connectivity index (χ4v) is 2.14. The molecule has 0 saturated carbocycles. The molecule has 0 aliphatic carbocycles. The van der Waals surface area contributed by atoms with Gasteiger partial charge in [0.05, 0.1) is 10.7 Å². The number of rotatable bonds is 1. The molecule has 0 spiro atoms. The van der Waals surface area contributed by atoms with Gasteiger partial charge < -0.3 is 0 Å². The third-order valence-electron chi connectivity index (χ3n) is 2.39. The highest BCUT2D eigenvalue weighted by molar-refractivity contribution is 6.36. The molecular formula is C11H6Cl2N4. The quantitative estimate of drug-likeness (QED) is 0.679. The van der Waals surface area contributed by atoms with E-state index < -0.39 is 0 Å². The summed E-state index contributed by atoms with van der Waals surface area (Å²) in [6, 6.07) is 7.16. The summed E-state index contributed by atoms with van der Waals surface area (Å²) in [6.07, 6.45) is 3.12. The van der Waals surface area contributed by atoms with Crippen molar-refractivity contribution in [3.8, 4) is 11.3 Å². The van der Waals surface area contributed by atoms with Crippen molar-refractivity contribution in [2.75, 3.05) is 0 Å². The van der Waals surface area contributed by atoms with E-state index in [1.165, 1.54) is 6.33 Å². The Kier molecular flexibility index (Phi) is 2.46.